The zero-order chi connectivity index (χ0) is 10.1. The Morgan fingerprint density at radius 2 is 2.14 bits per heavy atom. The second-order valence-corrected chi connectivity index (χ2v) is 3.19. The molecule has 0 atom stereocenters. The number of fused-ring (bicyclic) bond motifs is 1. The summed E-state index contributed by atoms with van der Waals surface area (Å²) in [6, 6.07) is 6.30. The van der Waals surface area contributed by atoms with Crippen LogP contribution >= 0.6 is 11.6 Å². The highest BCUT2D eigenvalue weighted by Crippen LogP contribution is 2.28. The van der Waals surface area contributed by atoms with Crippen molar-refractivity contribution in [3.05, 3.63) is 39.7 Å². The molecule has 2 aromatic rings. The Hall–Kier alpha value is -1.48. The van der Waals surface area contributed by atoms with E-state index in [1.54, 1.807) is 18.2 Å². The normalized spacial score (nSPS) is 10.4. The molecular weight excluding hydrogens is 204 g/mol. The van der Waals surface area contributed by atoms with Gasteiger partial charge in [-0.05, 0) is 12.1 Å². The largest absolute Gasteiger partial charge is 0.495 e. The standard InChI is InChI=1S/C10H7ClO3/c1-13-9-5-8-6(4-7(9)11)2-3-10(12)14-8/h2-5H,1H3. The fourth-order valence-corrected chi connectivity index (χ4v) is 1.47. The average molecular weight is 211 g/mol. The minimum Gasteiger partial charge on any atom is -0.495 e. The first-order valence-corrected chi connectivity index (χ1v) is 4.36. The van der Waals surface area contributed by atoms with Crippen LogP contribution in [0.25, 0.3) is 11.0 Å². The van der Waals surface area contributed by atoms with E-state index in [9.17, 15) is 4.79 Å². The molecule has 0 bridgehead atoms. The summed E-state index contributed by atoms with van der Waals surface area (Å²) in [5.74, 6) is 0.494. The van der Waals surface area contributed by atoms with Crippen molar-refractivity contribution in [3.63, 3.8) is 0 Å². The lowest BCUT2D eigenvalue weighted by Crippen LogP contribution is -1.94. The number of halogens is 1. The quantitative estimate of drug-likeness (QED) is 0.679. The molecule has 0 aliphatic rings. The molecule has 0 radical (unpaired) electrons. The van der Waals surface area contributed by atoms with Crippen molar-refractivity contribution in [1.82, 2.24) is 0 Å². The fourth-order valence-electron chi connectivity index (χ4n) is 1.23. The maximum atomic E-state index is 10.9. The molecule has 0 unspecified atom stereocenters. The lowest BCUT2D eigenvalue weighted by atomic mass is 10.2. The Kier molecular flexibility index (Phi) is 2.17. The van der Waals surface area contributed by atoms with E-state index in [1.165, 1.54) is 13.2 Å². The van der Waals surface area contributed by atoms with Crippen molar-refractivity contribution in [2.24, 2.45) is 0 Å². The molecule has 2 rings (SSSR count). The van der Waals surface area contributed by atoms with Gasteiger partial charge >= 0.3 is 5.63 Å². The zero-order valence-electron chi connectivity index (χ0n) is 7.41. The Bertz CT molecular complexity index is 530. The highest BCUT2D eigenvalue weighted by molar-refractivity contribution is 6.32. The molecular formula is C10H7ClO3. The summed E-state index contributed by atoms with van der Waals surface area (Å²) < 4.78 is 9.96. The molecule has 0 saturated carbocycles. The molecule has 0 amide bonds. The first kappa shape index (κ1) is 9.09. The topological polar surface area (TPSA) is 39.4 Å². The van der Waals surface area contributed by atoms with Gasteiger partial charge in [0.25, 0.3) is 0 Å². The molecule has 1 aromatic heterocycles. The summed E-state index contributed by atoms with van der Waals surface area (Å²) in [6.07, 6.45) is 0. The van der Waals surface area contributed by atoms with Gasteiger partial charge in [0, 0.05) is 17.5 Å². The van der Waals surface area contributed by atoms with Gasteiger partial charge < -0.3 is 9.15 Å². The molecule has 3 nitrogen and oxygen atoms in total. The van der Waals surface area contributed by atoms with Crippen LogP contribution in [0.2, 0.25) is 5.02 Å². The molecule has 0 fully saturated rings. The van der Waals surface area contributed by atoms with Crippen LogP contribution < -0.4 is 10.4 Å². The lowest BCUT2D eigenvalue weighted by molar-refractivity contribution is 0.414. The Balaban J connectivity index is 2.80. The first-order chi connectivity index (χ1) is 6.70. The van der Waals surface area contributed by atoms with Gasteiger partial charge in [-0.2, -0.15) is 0 Å². The molecule has 4 heteroatoms. The molecule has 0 aliphatic carbocycles. The molecule has 72 valence electrons. The number of benzene rings is 1. The van der Waals surface area contributed by atoms with E-state index in [0.717, 1.165) is 5.39 Å². The van der Waals surface area contributed by atoms with Gasteiger partial charge in [-0.1, -0.05) is 11.6 Å². The van der Waals surface area contributed by atoms with Crippen molar-refractivity contribution in [2.75, 3.05) is 7.11 Å². The Labute approximate surface area is 84.9 Å². The predicted octanol–water partition coefficient (Wildman–Crippen LogP) is 2.46. The van der Waals surface area contributed by atoms with E-state index in [1.807, 2.05) is 0 Å². The van der Waals surface area contributed by atoms with Crippen LogP contribution in [0.1, 0.15) is 0 Å². The number of hydrogen-bond acceptors (Lipinski definition) is 3. The highest BCUT2D eigenvalue weighted by Gasteiger charge is 2.04. The second-order valence-electron chi connectivity index (χ2n) is 2.78. The third kappa shape index (κ3) is 1.46. The molecule has 0 N–H and O–H groups in total. The van der Waals surface area contributed by atoms with Gasteiger partial charge in [-0.25, -0.2) is 4.79 Å². The van der Waals surface area contributed by atoms with E-state index < -0.39 is 0 Å². The first-order valence-electron chi connectivity index (χ1n) is 3.98. The number of methoxy groups -OCH3 is 1. The molecule has 0 saturated heterocycles. The van der Waals surface area contributed by atoms with Gasteiger partial charge in [0.2, 0.25) is 0 Å². The van der Waals surface area contributed by atoms with Crippen molar-refractivity contribution in [3.8, 4) is 5.75 Å². The maximum absolute atomic E-state index is 10.9. The van der Waals surface area contributed by atoms with Gasteiger partial charge in [-0.15, -0.1) is 0 Å². The number of rotatable bonds is 1. The minimum absolute atomic E-state index is 0.387. The van der Waals surface area contributed by atoms with Crippen molar-refractivity contribution < 1.29 is 9.15 Å². The molecule has 1 heterocycles. The van der Waals surface area contributed by atoms with Crippen molar-refractivity contribution in [1.29, 1.82) is 0 Å². The molecule has 14 heavy (non-hydrogen) atoms. The third-order valence-electron chi connectivity index (χ3n) is 1.89. The van der Waals surface area contributed by atoms with Crippen molar-refractivity contribution in [2.45, 2.75) is 0 Å². The summed E-state index contributed by atoms with van der Waals surface area (Å²) in [5.41, 5.74) is 0.0839. The average Bonchev–Trinajstić information content (AvgIpc) is 2.17. The number of ether oxygens (including phenoxy) is 1. The van der Waals surface area contributed by atoms with Gasteiger partial charge in [0.05, 0.1) is 12.1 Å². The van der Waals surface area contributed by atoms with Crippen LogP contribution in [0.15, 0.2) is 33.5 Å². The van der Waals surface area contributed by atoms with Gasteiger partial charge in [-0.3, -0.25) is 0 Å². The second kappa shape index (κ2) is 3.35. The van der Waals surface area contributed by atoms with Crippen LogP contribution in [-0.4, -0.2) is 7.11 Å². The zero-order valence-corrected chi connectivity index (χ0v) is 8.17. The smallest absolute Gasteiger partial charge is 0.336 e. The Morgan fingerprint density at radius 3 is 2.86 bits per heavy atom. The van der Waals surface area contributed by atoms with Crippen LogP contribution in [-0.2, 0) is 0 Å². The van der Waals surface area contributed by atoms with Crippen LogP contribution in [0.3, 0.4) is 0 Å². The summed E-state index contributed by atoms with van der Waals surface area (Å²) in [7, 11) is 1.51. The molecule has 0 spiro atoms. The summed E-state index contributed by atoms with van der Waals surface area (Å²) in [5, 5.41) is 1.27. The molecule has 1 aromatic carbocycles. The minimum atomic E-state index is -0.387. The summed E-state index contributed by atoms with van der Waals surface area (Å²) in [6.45, 7) is 0. The van der Waals surface area contributed by atoms with E-state index in [4.69, 9.17) is 20.8 Å². The lowest BCUT2D eigenvalue weighted by Gasteiger charge is -2.03. The van der Waals surface area contributed by atoms with E-state index in [-0.39, 0.29) is 5.63 Å². The van der Waals surface area contributed by atoms with Crippen LogP contribution in [0, 0.1) is 0 Å². The van der Waals surface area contributed by atoms with Gasteiger partial charge in [0.1, 0.15) is 11.3 Å². The summed E-state index contributed by atoms with van der Waals surface area (Å²) >= 11 is 5.90. The highest BCUT2D eigenvalue weighted by atomic mass is 35.5. The fraction of sp³-hybridized carbons (Fsp3) is 0.100. The third-order valence-corrected chi connectivity index (χ3v) is 2.19. The van der Waals surface area contributed by atoms with Gasteiger partial charge in [0.15, 0.2) is 0 Å². The van der Waals surface area contributed by atoms with Crippen LogP contribution in [0.4, 0.5) is 0 Å². The van der Waals surface area contributed by atoms with Crippen LogP contribution in [0.5, 0.6) is 5.75 Å². The van der Waals surface area contributed by atoms with E-state index in [2.05, 4.69) is 0 Å². The SMILES string of the molecule is COc1cc2oc(=O)ccc2cc1Cl. The van der Waals surface area contributed by atoms with Crippen molar-refractivity contribution >= 4 is 22.6 Å². The maximum Gasteiger partial charge on any atom is 0.336 e. The Morgan fingerprint density at radius 1 is 1.36 bits per heavy atom. The number of hydrogen-bond donors (Lipinski definition) is 0. The monoisotopic (exact) mass is 210 g/mol. The molecule has 0 aliphatic heterocycles. The predicted molar refractivity (Wildman–Crippen MR) is 54.0 cm³/mol. The van der Waals surface area contributed by atoms with E-state index >= 15 is 0 Å². The summed E-state index contributed by atoms with van der Waals surface area (Å²) in [4.78, 5) is 10.9. The van der Waals surface area contributed by atoms with E-state index in [0.29, 0.717) is 16.4 Å².